The van der Waals surface area contributed by atoms with Crippen molar-refractivity contribution in [3.63, 3.8) is 0 Å². The topological polar surface area (TPSA) is 83.3 Å². The Balaban J connectivity index is 2.20. The number of methoxy groups -OCH3 is 2. The van der Waals surface area contributed by atoms with E-state index < -0.39 is 11.9 Å². The van der Waals surface area contributed by atoms with Crippen molar-refractivity contribution in [2.45, 2.75) is 45.1 Å². The Kier molecular flexibility index (Phi) is 5.30. The summed E-state index contributed by atoms with van der Waals surface area (Å²) < 4.78 is 11.0. The van der Waals surface area contributed by atoms with Gasteiger partial charge in [0.15, 0.2) is 5.69 Å². The van der Waals surface area contributed by atoms with Gasteiger partial charge in [0.2, 0.25) is 0 Å². The molecule has 0 saturated heterocycles. The third-order valence-electron chi connectivity index (χ3n) is 3.91. The standard InChI is InChI=1S/C14H21N3O4/c1-20-12(18)8-11-13(14(19)21-2)15-16-17(11)9-10-6-4-3-5-7-10/h10H,3-9H2,1-2H3. The van der Waals surface area contributed by atoms with E-state index in [4.69, 9.17) is 0 Å². The van der Waals surface area contributed by atoms with Gasteiger partial charge in [0.1, 0.15) is 0 Å². The van der Waals surface area contributed by atoms with E-state index in [9.17, 15) is 9.59 Å². The van der Waals surface area contributed by atoms with Crippen molar-refractivity contribution in [2.75, 3.05) is 14.2 Å². The molecule has 0 spiro atoms. The summed E-state index contributed by atoms with van der Waals surface area (Å²) in [5.41, 5.74) is 0.568. The zero-order valence-corrected chi connectivity index (χ0v) is 12.5. The van der Waals surface area contributed by atoms with Crippen LogP contribution < -0.4 is 0 Å². The van der Waals surface area contributed by atoms with Crippen LogP contribution in [0.5, 0.6) is 0 Å². The molecule has 0 bridgehead atoms. The van der Waals surface area contributed by atoms with Gasteiger partial charge < -0.3 is 9.47 Å². The fourth-order valence-electron chi connectivity index (χ4n) is 2.73. The van der Waals surface area contributed by atoms with Gasteiger partial charge in [-0.1, -0.05) is 24.5 Å². The highest BCUT2D eigenvalue weighted by Crippen LogP contribution is 2.25. The van der Waals surface area contributed by atoms with Crippen molar-refractivity contribution in [1.29, 1.82) is 0 Å². The first-order chi connectivity index (χ1) is 10.2. The van der Waals surface area contributed by atoms with Crippen LogP contribution in [0.4, 0.5) is 0 Å². The molecule has 0 aromatic carbocycles. The Morgan fingerprint density at radius 3 is 2.52 bits per heavy atom. The van der Waals surface area contributed by atoms with E-state index in [1.165, 1.54) is 33.5 Å². The molecule has 1 heterocycles. The molecule has 1 aliphatic rings. The Morgan fingerprint density at radius 2 is 1.90 bits per heavy atom. The molecule has 0 unspecified atom stereocenters. The lowest BCUT2D eigenvalue weighted by Gasteiger charge is -2.21. The van der Waals surface area contributed by atoms with Crippen LogP contribution in [0.15, 0.2) is 0 Å². The van der Waals surface area contributed by atoms with Gasteiger partial charge in [-0.05, 0) is 18.8 Å². The zero-order valence-electron chi connectivity index (χ0n) is 12.5. The third-order valence-corrected chi connectivity index (χ3v) is 3.91. The second kappa shape index (κ2) is 7.19. The lowest BCUT2D eigenvalue weighted by Crippen LogP contribution is -2.20. The highest BCUT2D eigenvalue weighted by atomic mass is 16.5. The van der Waals surface area contributed by atoms with Crippen molar-refractivity contribution < 1.29 is 19.1 Å². The Hall–Kier alpha value is -1.92. The summed E-state index contributed by atoms with van der Waals surface area (Å²) in [5, 5.41) is 7.90. The van der Waals surface area contributed by atoms with Crippen LogP contribution in [-0.4, -0.2) is 41.2 Å². The largest absolute Gasteiger partial charge is 0.469 e. The monoisotopic (exact) mass is 295 g/mol. The van der Waals surface area contributed by atoms with Crippen LogP contribution in [0, 0.1) is 5.92 Å². The van der Waals surface area contributed by atoms with Crippen LogP contribution >= 0.6 is 0 Å². The molecule has 7 nitrogen and oxygen atoms in total. The van der Waals surface area contributed by atoms with Crippen LogP contribution in [-0.2, 0) is 27.2 Å². The van der Waals surface area contributed by atoms with E-state index in [0.29, 0.717) is 18.2 Å². The molecule has 1 aromatic rings. The molecule has 21 heavy (non-hydrogen) atoms. The number of hydrogen-bond donors (Lipinski definition) is 0. The number of rotatable bonds is 5. The van der Waals surface area contributed by atoms with E-state index in [2.05, 4.69) is 19.8 Å². The minimum atomic E-state index is -0.580. The average molecular weight is 295 g/mol. The summed E-state index contributed by atoms with van der Waals surface area (Å²) in [5.74, 6) is -0.488. The molecular formula is C14H21N3O4. The first kappa shape index (κ1) is 15.5. The molecule has 1 saturated carbocycles. The minimum absolute atomic E-state index is 0.0271. The summed E-state index contributed by atoms with van der Waals surface area (Å²) in [6, 6.07) is 0. The molecule has 0 aliphatic heterocycles. The number of esters is 2. The van der Waals surface area contributed by atoms with Crippen molar-refractivity contribution in [2.24, 2.45) is 5.92 Å². The number of nitrogens with zero attached hydrogens (tertiary/aromatic N) is 3. The van der Waals surface area contributed by atoms with Crippen molar-refractivity contribution >= 4 is 11.9 Å². The Labute approximate surface area is 123 Å². The van der Waals surface area contributed by atoms with Gasteiger partial charge in [0, 0.05) is 6.54 Å². The third kappa shape index (κ3) is 3.80. The molecule has 0 radical (unpaired) electrons. The first-order valence-electron chi connectivity index (χ1n) is 7.23. The molecule has 0 amide bonds. The predicted molar refractivity (Wildman–Crippen MR) is 73.7 cm³/mol. The van der Waals surface area contributed by atoms with Gasteiger partial charge in [-0.15, -0.1) is 5.10 Å². The van der Waals surface area contributed by atoms with Gasteiger partial charge in [0.25, 0.3) is 0 Å². The molecule has 1 aromatic heterocycles. The summed E-state index contributed by atoms with van der Waals surface area (Å²) >= 11 is 0. The van der Waals surface area contributed by atoms with Crippen LogP contribution in [0.25, 0.3) is 0 Å². The maximum absolute atomic E-state index is 11.7. The smallest absolute Gasteiger partial charge is 0.360 e. The number of carbonyl (C=O) groups is 2. The maximum atomic E-state index is 11.7. The number of hydrogen-bond acceptors (Lipinski definition) is 6. The van der Waals surface area contributed by atoms with Crippen LogP contribution in [0.3, 0.4) is 0 Å². The van der Waals surface area contributed by atoms with Gasteiger partial charge in [0.05, 0.1) is 26.3 Å². The summed E-state index contributed by atoms with van der Waals surface area (Å²) in [6.45, 7) is 0.677. The fraction of sp³-hybridized carbons (Fsp3) is 0.714. The Bertz CT molecular complexity index is 506. The zero-order chi connectivity index (χ0) is 15.2. The summed E-state index contributed by atoms with van der Waals surface area (Å²) in [4.78, 5) is 23.3. The number of ether oxygens (including phenoxy) is 2. The molecule has 0 N–H and O–H groups in total. The van der Waals surface area contributed by atoms with Crippen LogP contribution in [0.2, 0.25) is 0 Å². The van der Waals surface area contributed by atoms with E-state index >= 15 is 0 Å². The molecule has 1 aliphatic carbocycles. The van der Waals surface area contributed by atoms with Gasteiger partial charge >= 0.3 is 11.9 Å². The van der Waals surface area contributed by atoms with Gasteiger partial charge in [-0.25, -0.2) is 9.48 Å². The first-order valence-corrected chi connectivity index (χ1v) is 7.23. The number of carbonyl (C=O) groups excluding carboxylic acids is 2. The molecular weight excluding hydrogens is 274 g/mol. The average Bonchev–Trinajstić information content (AvgIpc) is 2.90. The molecule has 0 atom stereocenters. The van der Waals surface area contributed by atoms with Crippen molar-refractivity contribution in [1.82, 2.24) is 15.0 Å². The normalized spacial score (nSPS) is 15.7. The molecule has 1 fully saturated rings. The fourth-order valence-corrected chi connectivity index (χ4v) is 2.73. The van der Waals surface area contributed by atoms with E-state index in [1.54, 1.807) is 4.68 Å². The van der Waals surface area contributed by atoms with E-state index in [0.717, 1.165) is 12.8 Å². The predicted octanol–water partition coefficient (Wildman–Crippen LogP) is 1.36. The molecule has 116 valence electrons. The number of aromatic nitrogens is 3. The SMILES string of the molecule is COC(=O)Cc1c(C(=O)OC)nnn1CC1CCCCC1. The summed E-state index contributed by atoms with van der Waals surface area (Å²) in [6.07, 6.45) is 5.97. The second-order valence-electron chi connectivity index (χ2n) is 5.32. The highest BCUT2D eigenvalue weighted by molar-refractivity contribution is 5.89. The van der Waals surface area contributed by atoms with Gasteiger partial charge in [-0.2, -0.15) is 0 Å². The quantitative estimate of drug-likeness (QED) is 0.763. The molecule has 7 heteroatoms. The Morgan fingerprint density at radius 1 is 1.19 bits per heavy atom. The minimum Gasteiger partial charge on any atom is -0.469 e. The molecule has 2 rings (SSSR count). The lowest BCUT2D eigenvalue weighted by molar-refractivity contribution is -0.139. The maximum Gasteiger partial charge on any atom is 0.360 e. The summed E-state index contributed by atoms with van der Waals surface area (Å²) in [7, 11) is 2.60. The lowest BCUT2D eigenvalue weighted by atomic mass is 9.89. The van der Waals surface area contributed by atoms with Crippen molar-refractivity contribution in [3.05, 3.63) is 11.4 Å². The van der Waals surface area contributed by atoms with E-state index in [1.807, 2.05) is 0 Å². The highest BCUT2D eigenvalue weighted by Gasteiger charge is 2.24. The van der Waals surface area contributed by atoms with Crippen molar-refractivity contribution in [3.8, 4) is 0 Å². The van der Waals surface area contributed by atoms with Crippen LogP contribution in [0.1, 0.15) is 48.3 Å². The van der Waals surface area contributed by atoms with E-state index in [-0.39, 0.29) is 12.1 Å². The second-order valence-corrected chi connectivity index (χ2v) is 5.32. The van der Waals surface area contributed by atoms with Gasteiger partial charge in [-0.3, -0.25) is 4.79 Å².